The van der Waals surface area contributed by atoms with Crippen LogP contribution in [0.5, 0.6) is 0 Å². The fourth-order valence-electron chi connectivity index (χ4n) is 3.98. The summed E-state index contributed by atoms with van der Waals surface area (Å²) in [6.07, 6.45) is 6.49. The van der Waals surface area contributed by atoms with E-state index in [-0.39, 0.29) is 5.54 Å². The lowest BCUT2D eigenvalue weighted by molar-refractivity contribution is 0.0826. The molecule has 3 rings (SSSR count). The zero-order valence-corrected chi connectivity index (χ0v) is 13.9. The summed E-state index contributed by atoms with van der Waals surface area (Å²) in [5.74, 6) is 0. The Morgan fingerprint density at radius 2 is 2.05 bits per heavy atom. The van der Waals surface area contributed by atoms with Gasteiger partial charge in [0.1, 0.15) is 0 Å². The average Bonchev–Trinajstić information content (AvgIpc) is 2.89. The molecule has 0 amide bonds. The van der Waals surface area contributed by atoms with Crippen LogP contribution in [0.25, 0.3) is 0 Å². The SMILES string of the molecule is CCCC1CNC(C)(C)CN1Cc1ccc2c(c1)CCC2. The minimum Gasteiger partial charge on any atom is -0.309 e. The predicted molar refractivity (Wildman–Crippen MR) is 89.7 cm³/mol. The molecule has 1 heterocycles. The van der Waals surface area contributed by atoms with Gasteiger partial charge in [-0.05, 0) is 56.2 Å². The van der Waals surface area contributed by atoms with Crippen LogP contribution in [0.1, 0.15) is 56.7 Å². The van der Waals surface area contributed by atoms with E-state index in [4.69, 9.17) is 0 Å². The third kappa shape index (κ3) is 3.49. The van der Waals surface area contributed by atoms with Gasteiger partial charge in [0.25, 0.3) is 0 Å². The van der Waals surface area contributed by atoms with Crippen molar-refractivity contribution in [1.29, 1.82) is 0 Å². The highest BCUT2D eigenvalue weighted by Gasteiger charge is 2.31. The van der Waals surface area contributed by atoms with Gasteiger partial charge in [0, 0.05) is 31.2 Å². The van der Waals surface area contributed by atoms with Gasteiger partial charge in [-0.2, -0.15) is 0 Å². The Balaban J connectivity index is 1.73. The lowest BCUT2D eigenvalue weighted by atomic mass is 9.95. The Morgan fingerprint density at radius 1 is 1.24 bits per heavy atom. The third-order valence-electron chi connectivity index (χ3n) is 5.10. The Kier molecular flexibility index (Phi) is 4.37. The summed E-state index contributed by atoms with van der Waals surface area (Å²) in [5, 5.41) is 3.71. The first-order valence-electron chi connectivity index (χ1n) is 8.67. The molecule has 1 unspecified atom stereocenters. The molecule has 2 heteroatoms. The first-order chi connectivity index (χ1) is 10.1. The molecule has 1 fully saturated rings. The summed E-state index contributed by atoms with van der Waals surface area (Å²) in [4.78, 5) is 2.71. The van der Waals surface area contributed by atoms with Crippen molar-refractivity contribution in [2.75, 3.05) is 13.1 Å². The largest absolute Gasteiger partial charge is 0.309 e. The van der Waals surface area contributed by atoms with E-state index in [0.717, 1.165) is 19.6 Å². The monoisotopic (exact) mass is 286 g/mol. The first-order valence-corrected chi connectivity index (χ1v) is 8.67. The number of aryl methyl sites for hydroxylation is 2. The Bertz CT molecular complexity index is 492. The molecule has 0 radical (unpaired) electrons. The van der Waals surface area contributed by atoms with Crippen molar-refractivity contribution < 1.29 is 0 Å². The van der Waals surface area contributed by atoms with Crippen LogP contribution in [0, 0.1) is 0 Å². The second-order valence-electron chi connectivity index (χ2n) is 7.57. The highest BCUT2D eigenvalue weighted by atomic mass is 15.2. The smallest absolute Gasteiger partial charge is 0.0253 e. The lowest BCUT2D eigenvalue weighted by Crippen LogP contribution is -2.61. The maximum Gasteiger partial charge on any atom is 0.0253 e. The molecular weight excluding hydrogens is 256 g/mol. The van der Waals surface area contributed by atoms with Crippen LogP contribution >= 0.6 is 0 Å². The molecule has 0 bridgehead atoms. The molecule has 1 atom stereocenters. The van der Waals surface area contributed by atoms with Crippen LogP contribution in [-0.4, -0.2) is 29.6 Å². The summed E-state index contributed by atoms with van der Waals surface area (Å²) >= 11 is 0. The fourth-order valence-corrected chi connectivity index (χ4v) is 3.98. The Morgan fingerprint density at radius 3 is 2.86 bits per heavy atom. The molecule has 2 aliphatic rings. The molecule has 1 aromatic rings. The van der Waals surface area contributed by atoms with Crippen molar-refractivity contribution in [3.8, 4) is 0 Å². The first kappa shape index (κ1) is 15.1. The highest BCUT2D eigenvalue weighted by Crippen LogP contribution is 2.25. The molecular formula is C19H30N2. The maximum atomic E-state index is 3.71. The number of nitrogens with one attached hydrogen (secondary N) is 1. The molecule has 1 N–H and O–H groups in total. The van der Waals surface area contributed by atoms with E-state index in [9.17, 15) is 0 Å². The minimum atomic E-state index is 0.237. The van der Waals surface area contributed by atoms with E-state index >= 15 is 0 Å². The van der Waals surface area contributed by atoms with Crippen LogP contribution in [0.4, 0.5) is 0 Å². The van der Waals surface area contributed by atoms with E-state index in [0.29, 0.717) is 6.04 Å². The number of nitrogens with zero attached hydrogens (tertiary/aromatic N) is 1. The lowest BCUT2D eigenvalue weighted by Gasteiger charge is -2.45. The third-order valence-corrected chi connectivity index (χ3v) is 5.10. The average molecular weight is 286 g/mol. The van der Waals surface area contributed by atoms with Gasteiger partial charge in [-0.1, -0.05) is 31.5 Å². The highest BCUT2D eigenvalue weighted by molar-refractivity contribution is 5.35. The van der Waals surface area contributed by atoms with Crippen molar-refractivity contribution in [1.82, 2.24) is 10.2 Å². The van der Waals surface area contributed by atoms with E-state index in [2.05, 4.69) is 49.2 Å². The minimum absolute atomic E-state index is 0.237. The van der Waals surface area contributed by atoms with Gasteiger partial charge in [-0.3, -0.25) is 4.90 Å². The summed E-state index contributed by atoms with van der Waals surface area (Å²) in [7, 11) is 0. The van der Waals surface area contributed by atoms with E-state index < -0.39 is 0 Å². The Hall–Kier alpha value is -0.860. The van der Waals surface area contributed by atoms with Crippen LogP contribution in [0.3, 0.4) is 0 Å². The van der Waals surface area contributed by atoms with E-state index in [1.165, 1.54) is 37.7 Å². The number of fused-ring (bicyclic) bond motifs is 1. The van der Waals surface area contributed by atoms with Crippen LogP contribution in [-0.2, 0) is 19.4 Å². The maximum absolute atomic E-state index is 3.71. The number of hydrogen-bond donors (Lipinski definition) is 1. The van der Waals surface area contributed by atoms with Crippen molar-refractivity contribution in [2.24, 2.45) is 0 Å². The fraction of sp³-hybridized carbons (Fsp3) is 0.684. The molecule has 1 saturated heterocycles. The summed E-state index contributed by atoms with van der Waals surface area (Å²) < 4.78 is 0. The summed E-state index contributed by atoms with van der Waals surface area (Å²) in [5.41, 5.74) is 4.94. The second-order valence-corrected chi connectivity index (χ2v) is 7.57. The normalized spacial score (nSPS) is 25.0. The number of benzene rings is 1. The van der Waals surface area contributed by atoms with Gasteiger partial charge in [0.2, 0.25) is 0 Å². The van der Waals surface area contributed by atoms with Gasteiger partial charge < -0.3 is 5.32 Å². The predicted octanol–water partition coefficient (Wildman–Crippen LogP) is 3.53. The van der Waals surface area contributed by atoms with Crippen molar-refractivity contribution in [3.05, 3.63) is 34.9 Å². The summed E-state index contributed by atoms with van der Waals surface area (Å²) in [6.45, 7) is 10.3. The van der Waals surface area contributed by atoms with Crippen molar-refractivity contribution in [3.63, 3.8) is 0 Å². The number of rotatable bonds is 4. The zero-order chi connectivity index (χ0) is 14.9. The Labute approximate surface area is 129 Å². The molecule has 0 saturated carbocycles. The molecule has 0 spiro atoms. The van der Waals surface area contributed by atoms with Gasteiger partial charge >= 0.3 is 0 Å². The van der Waals surface area contributed by atoms with Crippen LogP contribution in [0.2, 0.25) is 0 Å². The topological polar surface area (TPSA) is 15.3 Å². The van der Waals surface area contributed by atoms with Crippen molar-refractivity contribution >= 4 is 0 Å². The van der Waals surface area contributed by atoms with Crippen LogP contribution < -0.4 is 5.32 Å². The molecule has 116 valence electrons. The number of piperazine rings is 1. The molecule has 21 heavy (non-hydrogen) atoms. The van der Waals surface area contributed by atoms with Gasteiger partial charge in [0.15, 0.2) is 0 Å². The standard InChI is InChI=1S/C19H30N2/c1-4-6-18-12-20-19(2,3)14-21(18)13-15-9-10-16-7-5-8-17(16)11-15/h9-11,18,20H,4-8,12-14H2,1-3H3. The summed E-state index contributed by atoms with van der Waals surface area (Å²) in [6, 6.07) is 7.90. The van der Waals surface area contributed by atoms with Crippen molar-refractivity contribution in [2.45, 2.75) is 71.0 Å². The molecule has 1 aliphatic carbocycles. The molecule has 2 nitrogen and oxygen atoms in total. The molecule has 0 aromatic heterocycles. The van der Waals surface area contributed by atoms with Gasteiger partial charge in [-0.15, -0.1) is 0 Å². The van der Waals surface area contributed by atoms with E-state index in [1.54, 1.807) is 11.1 Å². The van der Waals surface area contributed by atoms with E-state index in [1.807, 2.05) is 0 Å². The molecule has 1 aromatic carbocycles. The second kappa shape index (κ2) is 6.10. The quantitative estimate of drug-likeness (QED) is 0.911. The molecule has 1 aliphatic heterocycles. The number of hydrogen-bond acceptors (Lipinski definition) is 2. The van der Waals surface area contributed by atoms with Gasteiger partial charge in [-0.25, -0.2) is 0 Å². The zero-order valence-electron chi connectivity index (χ0n) is 13.9. The van der Waals surface area contributed by atoms with Gasteiger partial charge in [0.05, 0.1) is 0 Å². The van der Waals surface area contributed by atoms with Crippen LogP contribution in [0.15, 0.2) is 18.2 Å².